The molecule has 3 heteroatoms. The predicted octanol–water partition coefficient (Wildman–Crippen LogP) is 2.77. The lowest BCUT2D eigenvalue weighted by Crippen LogP contribution is -2.12. The predicted molar refractivity (Wildman–Crippen MR) is 53.3 cm³/mol. The lowest BCUT2D eigenvalue weighted by atomic mass is 10.1. The molecule has 1 N–H and O–H groups in total. The van der Waals surface area contributed by atoms with E-state index >= 15 is 0 Å². The number of hydrogen-bond acceptors (Lipinski definition) is 3. The molecule has 76 valence electrons. The number of unbranched alkanes of at least 4 members (excludes halogenated alkanes) is 3. The molecule has 0 saturated heterocycles. The topological polar surface area (TPSA) is 49.7 Å². The van der Waals surface area contributed by atoms with E-state index < -0.39 is 0 Å². The van der Waals surface area contributed by atoms with Crippen molar-refractivity contribution >= 4 is 11.5 Å². The molecule has 0 aromatic heterocycles. The van der Waals surface area contributed by atoms with E-state index in [-0.39, 0.29) is 5.78 Å². The average molecular weight is 185 g/mol. The molecule has 0 aromatic carbocycles. The molecule has 0 spiro atoms. The van der Waals surface area contributed by atoms with E-state index in [1.807, 2.05) is 0 Å². The van der Waals surface area contributed by atoms with E-state index in [1.54, 1.807) is 6.92 Å². The van der Waals surface area contributed by atoms with Crippen molar-refractivity contribution in [2.45, 2.75) is 52.4 Å². The molecule has 0 saturated carbocycles. The molecule has 0 aliphatic rings. The fourth-order valence-corrected chi connectivity index (χ4v) is 1.17. The van der Waals surface area contributed by atoms with Crippen LogP contribution in [0.15, 0.2) is 5.16 Å². The van der Waals surface area contributed by atoms with Crippen molar-refractivity contribution in [3.63, 3.8) is 0 Å². The normalized spacial score (nSPS) is 11.7. The summed E-state index contributed by atoms with van der Waals surface area (Å²) in [5.41, 5.74) is 0.332. The van der Waals surface area contributed by atoms with Gasteiger partial charge in [-0.05, 0) is 12.8 Å². The number of carbonyl (C=O) groups is 1. The first kappa shape index (κ1) is 12.1. The van der Waals surface area contributed by atoms with Crippen LogP contribution in [0.5, 0.6) is 0 Å². The lowest BCUT2D eigenvalue weighted by Gasteiger charge is -2.00. The van der Waals surface area contributed by atoms with Crippen molar-refractivity contribution < 1.29 is 10.0 Å². The first-order chi connectivity index (χ1) is 6.26. The standard InChI is InChI=1S/C10H19NO2/c1-3-5-6-7-8-9(11-13)10(12)4-2/h13H,3-8H2,1-2H3/b11-9-. The number of carbonyl (C=O) groups excluding carboxylic acids is 1. The summed E-state index contributed by atoms with van der Waals surface area (Å²) in [6.07, 6.45) is 5.44. The van der Waals surface area contributed by atoms with E-state index in [0.29, 0.717) is 18.6 Å². The smallest absolute Gasteiger partial charge is 0.180 e. The van der Waals surface area contributed by atoms with E-state index in [1.165, 1.54) is 12.8 Å². The van der Waals surface area contributed by atoms with Crippen LogP contribution in [0.1, 0.15) is 52.4 Å². The molecule has 3 nitrogen and oxygen atoms in total. The van der Waals surface area contributed by atoms with Crippen LogP contribution in [-0.4, -0.2) is 16.7 Å². The zero-order chi connectivity index (χ0) is 10.1. The Morgan fingerprint density at radius 1 is 1.23 bits per heavy atom. The lowest BCUT2D eigenvalue weighted by molar-refractivity contribution is -0.112. The summed E-state index contributed by atoms with van der Waals surface area (Å²) in [7, 11) is 0. The van der Waals surface area contributed by atoms with Gasteiger partial charge < -0.3 is 5.21 Å². The molecule has 0 bridgehead atoms. The quantitative estimate of drug-likeness (QED) is 0.287. The monoisotopic (exact) mass is 185 g/mol. The third kappa shape index (κ3) is 5.39. The molecule has 13 heavy (non-hydrogen) atoms. The highest BCUT2D eigenvalue weighted by Crippen LogP contribution is 2.05. The summed E-state index contributed by atoms with van der Waals surface area (Å²) in [5, 5.41) is 11.6. The maximum Gasteiger partial charge on any atom is 0.180 e. The minimum Gasteiger partial charge on any atom is -0.411 e. The fraction of sp³-hybridized carbons (Fsp3) is 0.800. The third-order valence-electron chi connectivity index (χ3n) is 2.03. The van der Waals surface area contributed by atoms with Crippen molar-refractivity contribution in [2.24, 2.45) is 5.16 Å². The zero-order valence-electron chi connectivity index (χ0n) is 8.55. The Morgan fingerprint density at radius 3 is 2.38 bits per heavy atom. The summed E-state index contributed by atoms with van der Waals surface area (Å²) in [5.74, 6) is -0.0426. The average Bonchev–Trinajstić information content (AvgIpc) is 2.17. The van der Waals surface area contributed by atoms with Crippen LogP contribution in [-0.2, 0) is 4.79 Å². The van der Waals surface area contributed by atoms with Gasteiger partial charge in [-0.15, -0.1) is 0 Å². The Kier molecular flexibility index (Phi) is 7.26. The van der Waals surface area contributed by atoms with Gasteiger partial charge in [0.1, 0.15) is 5.71 Å². The van der Waals surface area contributed by atoms with Crippen LogP contribution in [0.3, 0.4) is 0 Å². The molecule has 0 aliphatic carbocycles. The Morgan fingerprint density at radius 2 is 1.92 bits per heavy atom. The minimum atomic E-state index is -0.0426. The van der Waals surface area contributed by atoms with Crippen molar-refractivity contribution in [3.05, 3.63) is 0 Å². The zero-order valence-corrected chi connectivity index (χ0v) is 8.55. The van der Waals surface area contributed by atoms with Crippen LogP contribution in [0.2, 0.25) is 0 Å². The van der Waals surface area contributed by atoms with Gasteiger partial charge >= 0.3 is 0 Å². The molecule has 0 aliphatic heterocycles. The number of ketones is 1. The van der Waals surface area contributed by atoms with Crippen LogP contribution in [0.4, 0.5) is 0 Å². The summed E-state index contributed by atoms with van der Waals surface area (Å²) < 4.78 is 0. The van der Waals surface area contributed by atoms with E-state index in [2.05, 4.69) is 12.1 Å². The largest absolute Gasteiger partial charge is 0.411 e. The highest BCUT2D eigenvalue weighted by atomic mass is 16.4. The molecule has 0 unspecified atom stereocenters. The molecular formula is C10H19NO2. The number of rotatable bonds is 7. The molecule has 0 radical (unpaired) electrons. The summed E-state index contributed by atoms with van der Waals surface area (Å²) >= 11 is 0. The highest BCUT2D eigenvalue weighted by Gasteiger charge is 2.08. The van der Waals surface area contributed by atoms with Crippen LogP contribution >= 0.6 is 0 Å². The van der Waals surface area contributed by atoms with Crippen molar-refractivity contribution in [3.8, 4) is 0 Å². The number of nitrogens with zero attached hydrogens (tertiary/aromatic N) is 1. The Balaban J connectivity index is 3.68. The second-order valence-corrected chi connectivity index (χ2v) is 3.13. The van der Waals surface area contributed by atoms with Gasteiger partial charge in [0.15, 0.2) is 5.78 Å². The van der Waals surface area contributed by atoms with Gasteiger partial charge in [0.05, 0.1) is 0 Å². The molecule has 0 rings (SSSR count). The highest BCUT2D eigenvalue weighted by molar-refractivity contribution is 6.39. The van der Waals surface area contributed by atoms with Gasteiger partial charge in [-0.3, -0.25) is 4.79 Å². The Hall–Kier alpha value is -0.860. The van der Waals surface area contributed by atoms with Crippen LogP contribution < -0.4 is 0 Å². The minimum absolute atomic E-state index is 0.0426. The van der Waals surface area contributed by atoms with Gasteiger partial charge in [-0.25, -0.2) is 0 Å². The van der Waals surface area contributed by atoms with Gasteiger partial charge in [0.25, 0.3) is 0 Å². The third-order valence-corrected chi connectivity index (χ3v) is 2.03. The molecule has 0 heterocycles. The number of oxime groups is 1. The summed E-state index contributed by atoms with van der Waals surface area (Å²) in [4.78, 5) is 11.1. The molecule has 0 fully saturated rings. The van der Waals surface area contributed by atoms with Gasteiger partial charge in [-0.1, -0.05) is 38.3 Å². The number of Topliss-reactive ketones (excluding diaryl/α,β-unsaturated/α-hetero) is 1. The molecule has 0 atom stereocenters. The first-order valence-corrected chi connectivity index (χ1v) is 5.00. The molecular weight excluding hydrogens is 166 g/mol. The molecule has 0 aromatic rings. The number of hydrogen-bond donors (Lipinski definition) is 1. The summed E-state index contributed by atoms with van der Waals surface area (Å²) in [6.45, 7) is 3.91. The van der Waals surface area contributed by atoms with E-state index in [4.69, 9.17) is 5.21 Å². The maximum absolute atomic E-state index is 11.1. The van der Waals surface area contributed by atoms with Crippen LogP contribution in [0.25, 0.3) is 0 Å². The fourth-order valence-electron chi connectivity index (χ4n) is 1.17. The van der Waals surface area contributed by atoms with Crippen molar-refractivity contribution in [2.75, 3.05) is 0 Å². The van der Waals surface area contributed by atoms with E-state index in [9.17, 15) is 4.79 Å². The summed E-state index contributed by atoms with van der Waals surface area (Å²) in [6, 6.07) is 0. The maximum atomic E-state index is 11.1. The van der Waals surface area contributed by atoms with Gasteiger partial charge in [0.2, 0.25) is 0 Å². The van der Waals surface area contributed by atoms with Gasteiger partial charge in [0, 0.05) is 6.42 Å². The second-order valence-electron chi connectivity index (χ2n) is 3.13. The van der Waals surface area contributed by atoms with Crippen molar-refractivity contribution in [1.29, 1.82) is 0 Å². The SMILES string of the molecule is CCCCCC/C(=N/O)C(=O)CC. The first-order valence-electron chi connectivity index (χ1n) is 5.00. The van der Waals surface area contributed by atoms with Crippen LogP contribution in [0, 0.1) is 0 Å². The van der Waals surface area contributed by atoms with Crippen molar-refractivity contribution in [1.82, 2.24) is 0 Å². The Labute approximate surface area is 79.8 Å². The molecule has 0 amide bonds. The Bertz CT molecular complexity index is 176. The van der Waals surface area contributed by atoms with Gasteiger partial charge in [-0.2, -0.15) is 0 Å². The van der Waals surface area contributed by atoms with E-state index in [0.717, 1.165) is 12.8 Å². The second kappa shape index (κ2) is 7.77.